The number of halogens is 2. The highest BCUT2D eigenvalue weighted by Crippen LogP contribution is 2.44. The predicted octanol–water partition coefficient (Wildman–Crippen LogP) is 1.85. The number of nitrogens with zero attached hydrogens (tertiary/aromatic N) is 3. The van der Waals surface area contributed by atoms with Crippen LogP contribution in [0.5, 0.6) is 0 Å². The molecule has 0 saturated carbocycles. The minimum Gasteiger partial charge on any atom is -0.389 e. The maximum atomic E-state index is 14.3. The monoisotopic (exact) mass is 360 g/mol. The Morgan fingerprint density at radius 1 is 1.31 bits per heavy atom. The average Bonchev–Trinajstić information content (AvgIpc) is 2.93. The first-order chi connectivity index (χ1) is 12.3. The van der Waals surface area contributed by atoms with Crippen LogP contribution >= 0.6 is 0 Å². The summed E-state index contributed by atoms with van der Waals surface area (Å²) in [5.41, 5.74) is 6.84. The number of carbonyl (C=O) groups excluding carboxylic acids is 1. The molecule has 1 fully saturated rings. The van der Waals surface area contributed by atoms with Crippen molar-refractivity contribution in [1.82, 2.24) is 9.97 Å². The van der Waals surface area contributed by atoms with E-state index in [0.717, 1.165) is 0 Å². The molecule has 3 N–H and O–H groups in total. The maximum absolute atomic E-state index is 14.3. The fraction of sp³-hybridized carbons (Fsp3) is 0.389. The molecule has 4 rings (SSSR count). The van der Waals surface area contributed by atoms with Gasteiger partial charge in [0.15, 0.2) is 0 Å². The lowest BCUT2D eigenvalue weighted by Gasteiger charge is -2.43. The highest BCUT2D eigenvalue weighted by atomic mass is 19.3. The van der Waals surface area contributed by atoms with Gasteiger partial charge in [-0.2, -0.15) is 8.78 Å². The van der Waals surface area contributed by atoms with Crippen molar-refractivity contribution in [3.05, 3.63) is 41.1 Å². The van der Waals surface area contributed by atoms with Crippen molar-refractivity contribution in [3.8, 4) is 11.3 Å². The van der Waals surface area contributed by atoms with E-state index in [2.05, 4.69) is 9.97 Å². The summed E-state index contributed by atoms with van der Waals surface area (Å²) in [4.78, 5) is 21.6. The second-order valence-electron chi connectivity index (χ2n) is 6.81. The lowest BCUT2D eigenvalue weighted by Crippen LogP contribution is -2.59. The second-order valence-corrected chi connectivity index (χ2v) is 6.81. The van der Waals surface area contributed by atoms with Crippen molar-refractivity contribution < 1.29 is 18.7 Å². The number of rotatable bonds is 3. The largest absolute Gasteiger partial charge is 0.389 e. The molecule has 2 aliphatic rings. The van der Waals surface area contributed by atoms with Crippen LogP contribution in [0.4, 0.5) is 14.7 Å². The third-order valence-electron chi connectivity index (χ3n) is 5.16. The number of aliphatic hydroxyl groups is 1. The zero-order valence-corrected chi connectivity index (χ0v) is 14.1. The fourth-order valence-corrected chi connectivity index (χ4v) is 3.43. The molecule has 1 aliphatic carbocycles. The summed E-state index contributed by atoms with van der Waals surface area (Å²) >= 11 is 0. The van der Waals surface area contributed by atoms with Gasteiger partial charge in [-0.3, -0.25) is 4.79 Å². The average molecular weight is 360 g/mol. The van der Waals surface area contributed by atoms with Gasteiger partial charge in [-0.05, 0) is 25.5 Å². The number of alkyl halides is 2. The molecule has 1 aromatic heterocycles. The normalized spacial score (nSPS) is 23.5. The molecular formula is C18H18F2N4O2. The van der Waals surface area contributed by atoms with E-state index in [9.17, 15) is 18.7 Å². The third-order valence-corrected chi connectivity index (χ3v) is 5.16. The molecule has 1 aliphatic heterocycles. The molecule has 2 heterocycles. The van der Waals surface area contributed by atoms with E-state index in [-0.39, 0.29) is 30.5 Å². The number of β-amino-alcohol motifs (C(OH)–C–C–N with tert-alkyl or cyclic N) is 1. The number of aliphatic hydroxyl groups excluding tert-OH is 1. The van der Waals surface area contributed by atoms with E-state index in [1.807, 2.05) is 0 Å². The van der Waals surface area contributed by atoms with Crippen molar-refractivity contribution in [2.45, 2.75) is 37.8 Å². The van der Waals surface area contributed by atoms with Crippen LogP contribution in [0.2, 0.25) is 0 Å². The SMILES string of the molecule is C[C@H]1[C@H](O)CN1c1nc(-c2ccc(C(N)=O)cc2)c2c(n1)C(F)(F)CC2. The number of amides is 1. The van der Waals surface area contributed by atoms with E-state index in [1.54, 1.807) is 36.1 Å². The quantitative estimate of drug-likeness (QED) is 0.872. The minimum absolute atomic E-state index is 0.188. The summed E-state index contributed by atoms with van der Waals surface area (Å²) in [6.45, 7) is 2.11. The van der Waals surface area contributed by atoms with Gasteiger partial charge in [-0.1, -0.05) is 12.1 Å². The van der Waals surface area contributed by atoms with E-state index in [1.165, 1.54) is 0 Å². The summed E-state index contributed by atoms with van der Waals surface area (Å²) in [5.74, 6) is -3.36. The number of hydrogen-bond donors (Lipinski definition) is 2. The molecular weight excluding hydrogens is 342 g/mol. The summed E-state index contributed by atoms with van der Waals surface area (Å²) < 4.78 is 28.6. The van der Waals surface area contributed by atoms with E-state index in [4.69, 9.17) is 5.73 Å². The molecule has 26 heavy (non-hydrogen) atoms. The molecule has 0 unspecified atom stereocenters. The van der Waals surface area contributed by atoms with Crippen molar-refractivity contribution in [3.63, 3.8) is 0 Å². The van der Waals surface area contributed by atoms with Gasteiger partial charge in [0.1, 0.15) is 5.69 Å². The van der Waals surface area contributed by atoms with E-state index >= 15 is 0 Å². The molecule has 1 saturated heterocycles. The summed E-state index contributed by atoms with van der Waals surface area (Å²) in [5, 5.41) is 9.72. The highest BCUT2D eigenvalue weighted by Gasteiger charge is 2.45. The molecule has 8 heteroatoms. The number of aromatic nitrogens is 2. The smallest absolute Gasteiger partial charge is 0.290 e. The minimum atomic E-state index is -3.00. The first kappa shape index (κ1) is 16.8. The van der Waals surface area contributed by atoms with Gasteiger partial charge in [0.05, 0.1) is 17.8 Å². The summed E-state index contributed by atoms with van der Waals surface area (Å²) in [7, 11) is 0. The van der Waals surface area contributed by atoms with Crippen LogP contribution in [0.25, 0.3) is 11.3 Å². The molecule has 0 spiro atoms. The molecule has 6 nitrogen and oxygen atoms in total. The Labute approximate surface area is 148 Å². The van der Waals surface area contributed by atoms with E-state index in [0.29, 0.717) is 28.9 Å². The van der Waals surface area contributed by atoms with Gasteiger partial charge in [-0.15, -0.1) is 0 Å². The van der Waals surface area contributed by atoms with Crippen LogP contribution in [0.3, 0.4) is 0 Å². The highest BCUT2D eigenvalue weighted by molar-refractivity contribution is 5.93. The molecule has 0 radical (unpaired) electrons. The number of hydrogen-bond acceptors (Lipinski definition) is 5. The zero-order chi connectivity index (χ0) is 18.6. The Balaban J connectivity index is 1.83. The van der Waals surface area contributed by atoms with Crippen molar-refractivity contribution in [1.29, 1.82) is 0 Å². The number of carbonyl (C=O) groups is 1. The van der Waals surface area contributed by atoms with E-state index < -0.39 is 17.9 Å². The van der Waals surface area contributed by atoms with Crippen LogP contribution in [0.1, 0.15) is 35.0 Å². The van der Waals surface area contributed by atoms with Crippen LogP contribution < -0.4 is 10.6 Å². The Morgan fingerprint density at radius 3 is 2.58 bits per heavy atom. The Hall–Kier alpha value is -2.61. The lowest BCUT2D eigenvalue weighted by molar-refractivity contribution is -0.00603. The van der Waals surface area contributed by atoms with Gasteiger partial charge in [0.25, 0.3) is 5.92 Å². The van der Waals surface area contributed by atoms with Gasteiger partial charge in [0, 0.05) is 29.7 Å². The number of anilines is 1. The van der Waals surface area contributed by atoms with Crippen LogP contribution in [0, 0.1) is 0 Å². The van der Waals surface area contributed by atoms with Crippen molar-refractivity contribution in [2.24, 2.45) is 5.73 Å². The number of primary amides is 1. The number of nitrogens with two attached hydrogens (primary N) is 1. The third kappa shape index (κ3) is 2.52. The maximum Gasteiger partial charge on any atom is 0.290 e. The van der Waals surface area contributed by atoms with Crippen LogP contribution in [0.15, 0.2) is 24.3 Å². The first-order valence-corrected chi connectivity index (χ1v) is 8.42. The predicted molar refractivity (Wildman–Crippen MR) is 91.0 cm³/mol. The zero-order valence-electron chi connectivity index (χ0n) is 14.1. The molecule has 2 aromatic rings. The van der Waals surface area contributed by atoms with Gasteiger partial charge in [-0.25, -0.2) is 9.97 Å². The van der Waals surface area contributed by atoms with Crippen LogP contribution in [-0.2, 0) is 12.3 Å². The topological polar surface area (TPSA) is 92.3 Å². The first-order valence-electron chi connectivity index (χ1n) is 8.42. The standard InChI is InChI=1S/C18H18F2N4O2/c1-9-13(25)8-24(9)17-22-14(10-2-4-11(5-3-10)16(21)26)12-6-7-18(19,20)15(12)23-17/h2-5,9,13,25H,6-8H2,1H3,(H2,21,26)/t9-,13+/m0/s1. The van der Waals surface area contributed by atoms with Crippen molar-refractivity contribution in [2.75, 3.05) is 11.4 Å². The Bertz CT molecular complexity index is 886. The summed E-state index contributed by atoms with van der Waals surface area (Å²) in [6.07, 6.45) is -0.635. The molecule has 1 amide bonds. The van der Waals surface area contributed by atoms with Gasteiger partial charge < -0.3 is 15.7 Å². The summed E-state index contributed by atoms with van der Waals surface area (Å²) in [6, 6.07) is 6.17. The fourth-order valence-electron chi connectivity index (χ4n) is 3.43. The van der Waals surface area contributed by atoms with Crippen LogP contribution in [-0.4, -0.2) is 39.7 Å². The Morgan fingerprint density at radius 2 is 2.00 bits per heavy atom. The number of fused-ring (bicyclic) bond motifs is 1. The Kier molecular flexibility index (Phi) is 3.69. The second kappa shape index (κ2) is 5.70. The molecule has 0 bridgehead atoms. The molecule has 1 aromatic carbocycles. The lowest BCUT2D eigenvalue weighted by atomic mass is 10.0. The number of benzene rings is 1. The van der Waals surface area contributed by atoms with Gasteiger partial charge >= 0.3 is 0 Å². The molecule has 2 atom stereocenters. The van der Waals surface area contributed by atoms with Gasteiger partial charge in [0.2, 0.25) is 11.9 Å². The van der Waals surface area contributed by atoms with Crippen molar-refractivity contribution >= 4 is 11.9 Å². The molecule has 136 valence electrons.